The van der Waals surface area contributed by atoms with Gasteiger partial charge in [-0.1, -0.05) is 23.2 Å². The maximum atomic E-state index is 12.1. The van der Waals surface area contributed by atoms with Gasteiger partial charge in [-0.05, 0) is 44.1 Å². The lowest BCUT2D eigenvalue weighted by atomic mass is 9.97. The van der Waals surface area contributed by atoms with Gasteiger partial charge in [0.2, 0.25) is 5.91 Å². The van der Waals surface area contributed by atoms with Gasteiger partial charge in [0.25, 0.3) is 0 Å². The first-order chi connectivity index (χ1) is 10.5. The second-order valence-electron chi connectivity index (χ2n) is 5.25. The molecule has 0 saturated carbocycles. The first-order valence-electron chi connectivity index (χ1n) is 7.04. The van der Waals surface area contributed by atoms with Gasteiger partial charge in [-0.3, -0.25) is 14.5 Å². The van der Waals surface area contributed by atoms with Crippen LogP contribution in [-0.2, 0) is 14.3 Å². The number of amides is 1. The standard InChI is InChI=1S/C15H18Cl2N2O3/c1-22-15(21)10-4-6-19(7-5-10)9-14(20)18-13-3-2-11(16)8-12(13)17/h2-3,8,10H,4-7,9H2,1H3,(H,18,20). The van der Waals surface area contributed by atoms with Gasteiger partial charge in [-0.25, -0.2) is 0 Å². The van der Waals surface area contributed by atoms with E-state index < -0.39 is 0 Å². The summed E-state index contributed by atoms with van der Waals surface area (Å²) in [7, 11) is 1.40. The number of anilines is 1. The third-order valence-corrected chi connectivity index (χ3v) is 4.24. The number of esters is 1. The molecule has 0 aromatic heterocycles. The fourth-order valence-corrected chi connectivity index (χ4v) is 2.93. The predicted molar refractivity (Wildman–Crippen MR) is 86.3 cm³/mol. The molecular weight excluding hydrogens is 327 g/mol. The van der Waals surface area contributed by atoms with Crippen LogP contribution in [0.1, 0.15) is 12.8 Å². The molecule has 1 aromatic carbocycles. The summed E-state index contributed by atoms with van der Waals surface area (Å²) in [4.78, 5) is 25.5. The highest BCUT2D eigenvalue weighted by molar-refractivity contribution is 6.36. The molecule has 1 amide bonds. The fraction of sp³-hybridized carbons (Fsp3) is 0.467. The summed E-state index contributed by atoms with van der Waals surface area (Å²) >= 11 is 11.8. The molecule has 1 heterocycles. The molecule has 1 aliphatic rings. The van der Waals surface area contributed by atoms with Crippen LogP contribution in [0, 0.1) is 5.92 Å². The normalized spacial score (nSPS) is 16.3. The van der Waals surface area contributed by atoms with Crippen LogP contribution in [0.4, 0.5) is 5.69 Å². The van der Waals surface area contributed by atoms with Crippen molar-refractivity contribution in [2.45, 2.75) is 12.8 Å². The van der Waals surface area contributed by atoms with Crippen LogP contribution < -0.4 is 5.32 Å². The summed E-state index contributed by atoms with van der Waals surface area (Å²) in [6.07, 6.45) is 1.42. The van der Waals surface area contributed by atoms with E-state index in [9.17, 15) is 9.59 Å². The lowest BCUT2D eigenvalue weighted by Crippen LogP contribution is -2.41. The zero-order chi connectivity index (χ0) is 16.1. The maximum Gasteiger partial charge on any atom is 0.308 e. The molecule has 0 unspecified atom stereocenters. The Morgan fingerprint density at radius 1 is 1.32 bits per heavy atom. The summed E-state index contributed by atoms with van der Waals surface area (Å²) in [5, 5.41) is 3.70. The molecule has 0 bridgehead atoms. The monoisotopic (exact) mass is 344 g/mol. The number of ether oxygens (including phenoxy) is 1. The SMILES string of the molecule is COC(=O)C1CCN(CC(=O)Nc2ccc(Cl)cc2Cl)CC1. The minimum absolute atomic E-state index is 0.0602. The number of carbonyl (C=O) groups excluding carboxylic acids is 2. The van der Waals surface area contributed by atoms with E-state index in [4.69, 9.17) is 27.9 Å². The zero-order valence-electron chi connectivity index (χ0n) is 12.3. The van der Waals surface area contributed by atoms with Crippen molar-refractivity contribution < 1.29 is 14.3 Å². The van der Waals surface area contributed by atoms with Crippen molar-refractivity contribution in [3.8, 4) is 0 Å². The molecule has 5 nitrogen and oxygen atoms in total. The van der Waals surface area contributed by atoms with Gasteiger partial charge in [0.1, 0.15) is 0 Å². The van der Waals surface area contributed by atoms with Gasteiger partial charge in [-0.15, -0.1) is 0 Å². The summed E-state index contributed by atoms with van der Waals surface area (Å²) in [5.41, 5.74) is 0.542. The first kappa shape index (κ1) is 17.1. The smallest absolute Gasteiger partial charge is 0.308 e. The Bertz CT molecular complexity index is 558. The van der Waals surface area contributed by atoms with Crippen LogP contribution in [0.3, 0.4) is 0 Å². The second kappa shape index (κ2) is 7.81. The van der Waals surface area contributed by atoms with E-state index in [1.807, 2.05) is 4.90 Å². The molecule has 2 rings (SSSR count). The molecular formula is C15H18Cl2N2O3. The van der Waals surface area contributed by atoms with Crippen LogP contribution in [0.15, 0.2) is 18.2 Å². The summed E-state index contributed by atoms with van der Waals surface area (Å²) in [6, 6.07) is 4.93. The molecule has 1 aliphatic heterocycles. The number of piperidine rings is 1. The summed E-state index contributed by atoms with van der Waals surface area (Å²) in [5.74, 6) is -0.368. The van der Waals surface area contributed by atoms with Gasteiger partial charge in [-0.2, -0.15) is 0 Å². The molecule has 7 heteroatoms. The Morgan fingerprint density at radius 3 is 2.59 bits per heavy atom. The van der Waals surface area contributed by atoms with Crippen molar-refractivity contribution >= 4 is 40.8 Å². The Morgan fingerprint density at radius 2 is 2.00 bits per heavy atom. The first-order valence-corrected chi connectivity index (χ1v) is 7.80. The molecule has 1 fully saturated rings. The number of benzene rings is 1. The van der Waals surface area contributed by atoms with Gasteiger partial charge in [0.15, 0.2) is 0 Å². The number of halogens is 2. The number of hydrogen-bond donors (Lipinski definition) is 1. The van der Waals surface area contributed by atoms with Crippen LogP contribution in [0.25, 0.3) is 0 Å². The third kappa shape index (κ3) is 4.60. The Kier molecular flexibility index (Phi) is 6.06. The maximum absolute atomic E-state index is 12.1. The average molecular weight is 345 g/mol. The average Bonchev–Trinajstić information content (AvgIpc) is 2.50. The van der Waals surface area contributed by atoms with E-state index in [0.29, 0.717) is 41.7 Å². The Hall–Kier alpha value is -1.30. The van der Waals surface area contributed by atoms with Crippen LogP contribution in [0.2, 0.25) is 10.0 Å². The molecule has 0 spiro atoms. The van der Waals surface area contributed by atoms with Crippen molar-refractivity contribution in [3.05, 3.63) is 28.2 Å². The molecule has 120 valence electrons. The molecule has 0 aliphatic carbocycles. The van der Waals surface area contributed by atoms with E-state index in [1.54, 1.807) is 18.2 Å². The summed E-state index contributed by atoms with van der Waals surface area (Å²) < 4.78 is 4.75. The highest BCUT2D eigenvalue weighted by atomic mass is 35.5. The van der Waals surface area contributed by atoms with Crippen molar-refractivity contribution in [2.24, 2.45) is 5.92 Å². The van der Waals surface area contributed by atoms with Crippen molar-refractivity contribution in [3.63, 3.8) is 0 Å². The van der Waals surface area contributed by atoms with Crippen molar-refractivity contribution in [2.75, 3.05) is 32.1 Å². The van der Waals surface area contributed by atoms with E-state index in [1.165, 1.54) is 7.11 Å². The van der Waals surface area contributed by atoms with Crippen molar-refractivity contribution in [1.82, 2.24) is 4.90 Å². The van der Waals surface area contributed by atoms with E-state index in [0.717, 1.165) is 0 Å². The lowest BCUT2D eigenvalue weighted by molar-refractivity contribution is -0.147. The molecule has 1 N–H and O–H groups in total. The predicted octanol–water partition coefficient (Wildman–Crippen LogP) is 2.82. The fourth-order valence-electron chi connectivity index (χ4n) is 2.48. The topological polar surface area (TPSA) is 58.6 Å². The zero-order valence-corrected chi connectivity index (χ0v) is 13.8. The van der Waals surface area contributed by atoms with Gasteiger partial charge in [0.05, 0.1) is 30.3 Å². The Balaban J connectivity index is 1.82. The highest BCUT2D eigenvalue weighted by Crippen LogP contribution is 2.25. The quantitative estimate of drug-likeness (QED) is 0.853. The number of likely N-dealkylation sites (tertiary alicyclic amines) is 1. The Labute approximate surface area is 139 Å². The van der Waals surface area contributed by atoms with Crippen LogP contribution in [-0.4, -0.2) is 43.5 Å². The molecule has 0 atom stereocenters. The van der Waals surface area contributed by atoms with Crippen LogP contribution in [0.5, 0.6) is 0 Å². The largest absolute Gasteiger partial charge is 0.469 e. The van der Waals surface area contributed by atoms with Crippen LogP contribution >= 0.6 is 23.2 Å². The number of methoxy groups -OCH3 is 1. The second-order valence-corrected chi connectivity index (χ2v) is 6.09. The highest BCUT2D eigenvalue weighted by Gasteiger charge is 2.26. The summed E-state index contributed by atoms with van der Waals surface area (Å²) in [6.45, 7) is 1.66. The van der Waals surface area contributed by atoms with Gasteiger partial charge in [0, 0.05) is 5.02 Å². The van der Waals surface area contributed by atoms with Gasteiger partial charge >= 0.3 is 5.97 Å². The van der Waals surface area contributed by atoms with E-state index >= 15 is 0 Å². The van der Waals surface area contributed by atoms with Crippen molar-refractivity contribution in [1.29, 1.82) is 0 Å². The van der Waals surface area contributed by atoms with Gasteiger partial charge < -0.3 is 10.1 Å². The molecule has 22 heavy (non-hydrogen) atoms. The number of nitrogens with one attached hydrogen (secondary N) is 1. The number of rotatable bonds is 4. The van der Waals surface area contributed by atoms with E-state index in [-0.39, 0.29) is 24.3 Å². The van der Waals surface area contributed by atoms with E-state index in [2.05, 4.69) is 5.32 Å². The number of hydrogen-bond acceptors (Lipinski definition) is 4. The lowest BCUT2D eigenvalue weighted by Gasteiger charge is -2.29. The molecule has 0 radical (unpaired) electrons. The minimum Gasteiger partial charge on any atom is -0.469 e. The number of carbonyl (C=O) groups is 2. The number of nitrogens with zero attached hydrogens (tertiary/aromatic N) is 1. The third-order valence-electron chi connectivity index (χ3n) is 3.69. The molecule has 1 saturated heterocycles. The minimum atomic E-state index is -0.169. The molecule has 1 aromatic rings.